The van der Waals surface area contributed by atoms with Crippen molar-refractivity contribution in [2.24, 2.45) is 0 Å². The molecule has 0 saturated carbocycles. The van der Waals surface area contributed by atoms with Crippen LogP contribution in [0.1, 0.15) is 10.4 Å². The Morgan fingerprint density at radius 1 is 1.35 bits per heavy atom. The van der Waals surface area contributed by atoms with E-state index in [1.54, 1.807) is 24.3 Å². The van der Waals surface area contributed by atoms with Crippen molar-refractivity contribution in [2.45, 2.75) is 0 Å². The minimum Gasteiger partial charge on any atom is -0.479 e. The van der Waals surface area contributed by atoms with E-state index in [1.165, 1.54) is 12.3 Å². The van der Waals surface area contributed by atoms with Crippen molar-refractivity contribution in [1.29, 1.82) is 5.26 Å². The van der Waals surface area contributed by atoms with Gasteiger partial charge in [0.25, 0.3) is 5.91 Å². The van der Waals surface area contributed by atoms with Gasteiger partial charge in [0.1, 0.15) is 11.8 Å². The standard InChI is InChI=1S/C14H10FN3O2/c15-13-9-17-7-5-12(13)14(19)18-10-1-3-11(4-2-10)20-8-6-16/h1-5,7,9H,8H2,(H,18,19). The molecule has 100 valence electrons. The molecule has 0 radical (unpaired) electrons. The molecule has 0 bridgehead atoms. The predicted molar refractivity (Wildman–Crippen MR) is 69.7 cm³/mol. The third-order valence-corrected chi connectivity index (χ3v) is 2.43. The van der Waals surface area contributed by atoms with Gasteiger partial charge < -0.3 is 10.1 Å². The number of carbonyl (C=O) groups excluding carboxylic acids is 1. The fraction of sp³-hybridized carbons (Fsp3) is 0.0714. The minimum atomic E-state index is -0.682. The number of amides is 1. The van der Waals surface area contributed by atoms with E-state index in [0.717, 1.165) is 6.20 Å². The number of carbonyl (C=O) groups is 1. The topological polar surface area (TPSA) is 75.0 Å². The molecule has 1 heterocycles. The van der Waals surface area contributed by atoms with Crippen LogP contribution in [0.5, 0.6) is 5.75 Å². The molecule has 0 fully saturated rings. The van der Waals surface area contributed by atoms with E-state index in [9.17, 15) is 9.18 Å². The summed E-state index contributed by atoms with van der Waals surface area (Å²) in [7, 11) is 0. The van der Waals surface area contributed by atoms with Gasteiger partial charge >= 0.3 is 0 Å². The van der Waals surface area contributed by atoms with Crippen molar-refractivity contribution in [2.75, 3.05) is 11.9 Å². The molecule has 1 aromatic heterocycles. The second kappa shape index (κ2) is 6.29. The lowest BCUT2D eigenvalue weighted by atomic mass is 10.2. The lowest BCUT2D eigenvalue weighted by Gasteiger charge is -2.07. The highest BCUT2D eigenvalue weighted by atomic mass is 19.1. The molecule has 5 nitrogen and oxygen atoms in total. The van der Waals surface area contributed by atoms with Gasteiger partial charge in [0.05, 0.1) is 11.8 Å². The fourth-order valence-corrected chi connectivity index (χ4v) is 1.51. The van der Waals surface area contributed by atoms with Crippen LogP contribution in [-0.2, 0) is 0 Å². The molecule has 0 saturated heterocycles. The highest BCUT2D eigenvalue weighted by Crippen LogP contribution is 2.16. The summed E-state index contributed by atoms with van der Waals surface area (Å²) in [5, 5.41) is 10.9. The number of pyridine rings is 1. The first kappa shape index (κ1) is 13.5. The first-order valence-electron chi connectivity index (χ1n) is 5.71. The molecule has 6 heteroatoms. The normalized spacial score (nSPS) is 9.60. The van der Waals surface area contributed by atoms with Gasteiger partial charge in [-0.3, -0.25) is 9.78 Å². The predicted octanol–water partition coefficient (Wildman–Crippen LogP) is 2.38. The summed E-state index contributed by atoms with van der Waals surface area (Å²) in [6.45, 7) is -0.0477. The first-order chi connectivity index (χ1) is 9.70. The Morgan fingerprint density at radius 3 is 2.75 bits per heavy atom. The number of ether oxygens (including phenoxy) is 1. The van der Waals surface area contributed by atoms with Crippen molar-refractivity contribution in [3.63, 3.8) is 0 Å². The molecule has 1 N–H and O–H groups in total. The highest BCUT2D eigenvalue weighted by molar-refractivity contribution is 6.04. The van der Waals surface area contributed by atoms with Gasteiger partial charge in [-0.25, -0.2) is 4.39 Å². The molecule has 20 heavy (non-hydrogen) atoms. The number of hydrogen-bond donors (Lipinski definition) is 1. The third kappa shape index (κ3) is 3.29. The molecule has 1 aromatic carbocycles. The van der Waals surface area contributed by atoms with Crippen molar-refractivity contribution in [1.82, 2.24) is 4.98 Å². The van der Waals surface area contributed by atoms with Gasteiger partial charge in [0.15, 0.2) is 12.4 Å². The number of nitrogens with zero attached hydrogens (tertiary/aromatic N) is 2. The zero-order chi connectivity index (χ0) is 14.4. The number of rotatable bonds is 4. The Labute approximate surface area is 114 Å². The molecular weight excluding hydrogens is 261 g/mol. The average molecular weight is 271 g/mol. The first-order valence-corrected chi connectivity index (χ1v) is 5.71. The van der Waals surface area contributed by atoms with Crippen molar-refractivity contribution in [3.8, 4) is 11.8 Å². The van der Waals surface area contributed by atoms with Crippen LogP contribution in [-0.4, -0.2) is 17.5 Å². The Morgan fingerprint density at radius 2 is 2.10 bits per heavy atom. The zero-order valence-corrected chi connectivity index (χ0v) is 10.3. The summed E-state index contributed by atoms with van der Waals surface area (Å²) in [6, 6.07) is 9.57. The smallest absolute Gasteiger partial charge is 0.258 e. The quantitative estimate of drug-likeness (QED) is 0.926. The molecule has 0 aliphatic heterocycles. The largest absolute Gasteiger partial charge is 0.479 e. The number of benzene rings is 1. The maximum atomic E-state index is 13.4. The van der Waals surface area contributed by atoms with Crippen LogP contribution in [0.4, 0.5) is 10.1 Å². The van der Waals surface area contributed by atoms with Gasteiger partial charge in [-0.2, -0.15) is 5.26 Å². The lowest BCUT2D eigenvalue weighted by molar-refractivity contribution is 0.102. The van der Waals surface area contributed by atoms with Crippen molar-refractivity contribution >= 4 is 11.6 Å². The van der Waals surface area contributed by atoms with Gasteiger partial charge in [0, 0.05) is 11.9 Å². The molecular formula is C14H10FN3O2. The molecule has 0 aliphatic carbocycles. The van der Waals surface area contributed by atoms with Gasteiger partial charge in [-0.1, -0.05) is 0 Å². The zero-order valence-electron chi connectivity index (χ0n) is 10.3. The molecule has 2 aromatic rings. The molecule has 1 amide bonds. The fourth-order valence-electron chi connectivity index (χ4n) is 1.51. The summed E-state index contributed by atoms with van der Waals surface area (Å²) in [5.41, 5.74) is 0.417. The van der Waals surface area contributed by atoms with Crippen molar-refractivity contribution < 1.29 is 13.9 Å². The Bertz CT molecular complexity index is 650. The Kier molecular flexibility index (Phi) is 4.24. The molecule has 0 atom stereocenters. The summed E-state index contributed by atoms with van der Waals surface area (Å²) >= 11 is 0. The number of anilines is 1. The second-order valence-electron chi connectivity index (χ2n) is 3.78. The second-order valence-corrected chi connectivity index (χ2v) is 3.78. The average Bonchev–Trinajstić information content (AvgIpc) is 2.47. The van der Waals surface area contributed by atoms with E-state index in [2.05, 4.69) is 10.3 Å². The maximum Gasteiger partial charge on any atom is 0.258 e. The van der Waals surface area contributed by atoms with E-state index in [0.29, 0.717) is 11.4 Å². The molecule has 0 unspecified atom stereocenters. The van der Waals surface area contributed by atoms with Crippen LogP contribution in [0, 0.1) is 17.1 Å². The van der Waals surface area contributed by atoms with Crippen LogP contribution in [0.25, 0.3) is 0 Å². The summed E-state index contributed by atoms with van der Waals surface area (Å²) in [5.74, 6) is -0.728. The summed E-state index contributed by atoms with van der Waals surface area (Å²) in [6.07, 6.45) is 2.32. The SMILES string of the molecule is N#CCOc1ccc(NC(=O)c2ccncc2F)cc1. The van der Waals surface area contributed by atoms with Crippen molar-refractivity contribution in [3.05, 3.63) is 54.1 Å². The van der Waals surface area contributed by atoms with Gasteiger partial charge in [-0.05, 0) is 30.3 Å². The Hall–Kier alpha value is -2.94. The summed E-state index contributed by atoms with van der Waals surface area (Å²) in [4.78, 5) is 15.4. The van der Waals surface area contributed by atoms with Crippen LogP contribution >= 0.6 is 0 Å². The van der Waals surface area contributed by atoms with Crippen LogP contribution in [0.15, 0.2) is 42.7 Å². The summed E-state index contributed by atoms with van der Waals surface area (Å²) < 4.78 is 18.4. The van der Waals surface area contributed by atoms with E-state index >= 15 is 0 Å². The van der Waals surface area contributed by atoms with E-state index < -0.39 is 11.7 Å². The number of nitriles is 1. The third-order valence-electron chi connectivity index (χ3n) is 2.43. The Balaban J connectivity index is 2.05. The van der Waals surface area contributed by atoms with E-state index in [1.807, 2.05) is 6.07 Å². The molecule has 0 aliphatic rings. The van der Waals surface area contributed by atoms with Crippen LogP contribution in [0.2, 0.25) is 0 Å². The van der Waals surface area contributed by atoms with Gasteiger partial charge in [-0.15, -0.1) is 0 Å². The minimum absolute atomic E-state index is 0.0477. The van der Waals surface area contributed by atoms with Crippen LogP contribution < -0.4 is 10.1 Å². The number of nitrogens with one attached hydrogen (secondary N) is 1. The van der Waals surface area contributed by atoms with Crippen LogP contribution in [0.3, 0.4) is 0 Å². The van der Waals surface area contributed by atoms with E-state index in [4.69, 9.17) is 10.00 Å². The molecule has 2 rings (SSSR count). The number of aromatic nitrogens is 1. The number of hydrogen-bond acceptors (Lipinski definition) is 4. The number of halogens is 1. The molecule has 0 spiro atoms. The van der Waals surface area contributed by atoms with E-state index in [-0.39, 0.29) is 12.2 Å². The van der Waals surface area contributed by atoms with Gasteiger partial charge in [0.2, 0.25) is 0 Å². The maximum absolute atomic E-state index is 13.4. The monoisotopic (exact) mass is 271 g/mol. The lowest BCUT2D eigenvalue weighted by Crippen LogP contribution is -2.13. The highest BCUT2D eigenvalue weighted by Gasteiger charge is 2.11.